The van der Waals surface area contributed by atoms with Crippen molar-refractivity contribution >= 4 is 30.4 Å². The summed E-state index contributed by atoms with van der Waals surface area (Å²) >= 11 is 0. The highest BCUT2D eigenvalue weighted by atomic mass is 31.2. The highest BCUT2D eigenvalue weighted by molar-refractivity contribution is 7.52. The van der Waals surface area contributed by atoms with Crippen molar-refractivity contribution in [2.45, 2.75) is 12.8 Å². The second kappa shape index (κ2) is 13.8. The molecule has 0 aromatic heterocycles. The van der Waals surface area contributed by atoms with Gasteiger partial charge in [0.1, 0.15) is 25.1 Å². The fraction of sp³-hybridized carbons (Fsp3) is 1.00. The highest BCUT2D eigenvalue weighted by Crippen LogP contribution is 2.38. The van der Waals surface area contributed by atoms with E-state index in [1.165, 1.54) is 19.6 Å². The summed E-state index contributed by atoms with van der Waals surface area (Å²) in [6.07, 6.45) is -1.76. The van der Waals surface area contributed by atoms with Gasteiger partial charge in [-0.05, 0) is 12.8 Å². The monoisotopic (exact) mass is 576 g/mol. The van der Waals surface area contributed by atoms with Gasteiger partial charge in [0.15, 0.2) is 0 Å². The molecule has 0 aromatic rings. The molecule has 1 saturated heterocycles. The highest BCUT2D eigenvalue weighted by Gasteiger charge is 2.26. The van der Waals surface area contributed by atoms with E-state index in [4.69, 9.17) is 0 Å². The summed E-state index contributed by atoms with van der Waals surface area (Å²) in [6, 6.07) is 0. The standard InChI is InChI=1S/C14H36N4O12P4/c19-31(20,21)11-15-3-1-4-16(12-32(22,23)24)8-10-18(14-34(28,29)30)6-2-5-17(9-7-15)13-33(25,26)27/h1-14H2,(H2,19,20,21)(H2,22,23,24)(H2,25,26,27)(H2,28,29,30). The van der Waals surface area contributed by atoms with E-state index >= 15 is 0 Å². The molecule has 34 heavy (non-hydrogen) atoms. The summed E-state index contributed by atoms with van der Waals surface area (Å²) < 4.78 is 46.1. The molecular weight excluding hydrogens is 540 g/mol. The van der Waals surface area contributed by atoms with Crippen molar-refractivity contribution in [1.29, 1.82) is 0 Å². The molecule has 1 aliphatic heterocycles. The SMILES string of the molecule is O=P(O)(O)CN1CCCN(CP(=O)(O)O)CCN(CP(=O)(O)O)CCCN(CP(=O)(O)O)CC1. The molecule has 0 saturated carbocycles. The molecular formula is C14H36N4O12P4. The van der Waals surface area contributed by atoms with Gasteiger partial charge in [-0.1, -0.05) is 0 Å². The van der Waals surface area contributed by atoms with Gasteiger partial charge >= 0.3 is 30.4 Å². The largest absolute Gasteiger partial charge is 0.339 e. The number of rotatable bonds is 8. The van der Waals surface area contributed by atoms with Crippen LogP contribution in [0.1, 0.15) is 12.8 Å². The minimum absolute atomic E-state index is 0.0792. The zero-order valence-electron chi connectivity index (χ0n) is 18.7. The first-order valence-electron chi connectivity index (χ1n) is 10.4. The van der Waals surface area contributed by atoms with Gasteiger partial charge in [0.2, 0.25) is 0 Å². The molecule has 0 radical (unpaired) electrons. The van der Waals surface area contributed by atoms with Crippen molar-refractivity contribution in [3.8, 4) is 0 Å². The van der Waals surface area contributed by atoms with Crippen LogP contribution in [0.4, 0.5) is 0 Å². The van der Waals surface area contributed by atoms with Crippen LogP contribution in [0.25, 0.3) is 0 Å². The third-order valence-electron chi connectivity index (χ3n) is 4.90. The van der Waals surface area contributed by atoms with Gasteiger partial charge in [0, 0.05) is 52.4 Å². The van der Waals surface area contributed by atoms with E-state index in [2.05, 4.69) is 0 Å². The topological polar surface area (TPSA) is 243 Å². The first kappa shape index (κ1) is 32.5. The van der Waals surface area contributed by atoms with Crippen molar-refractivity contribution in [2.75, 3.05) is 77.5 Å². The van der Waals surface area contributed by atoms with E-state index < -0.39 is 55.5 Å². The van der Waals surface area contributed by atoms with Crippen LogP contribution in [0.15, 0.2) is 0 Å². The third-order valence-corrected chi connectivity index (χ3v) is 7.97. The van der Waals surface area contributed by atoms with Crippen LogP contribution in [0.5, 0.6) is 0 Å². The Labute approximate surface area is 198 Å². The van der Waals surface area contributed by atoms with Gasteiger partial charge in [-0.25, -0.2) is 0 Å². The number of hydrogen-bond acceptors (Lipinski definition) is 8. The first-order chi connectivity index (χ1) is 15.3. The average molecular weight is 576 g/mol. The lowest BCUT2D eigenvalue weighted by atomic mass is 10.3. The molecule has 0 aromatic carbocycles. The Bertz CT molecular complexity index is 681. The zero-order valence-corrected chi connectivity index (χ0v) is 22.3. The van der Waals surface area contributed by atoms with Crippen molar-refractivity contribution < 1.29 is 57.4 Å². The van der Waals surface area contributed by atoms with Crippen LogP contribution < -0.4 is 0 Å². The lowest BCUT2D eigenvalue weighted by Gasteiger charge is -2.32. The molecule has 1 rings (SSSR count). The molecule has 0 atom stereocenters. The predicted octanol–water partition coefficient (Wildman–Crippen LogP) is -1.47. The van der Waals surface area contributed by atoms with E-state index in [9.17, 15) is 57.4 Å². The summed E-state index contributed by atoms with van der Waals surface area (Å²) in [5, 5.41) is 0. The molecule has 0 unspecified atom stereocenters. The van der Waals surface area contributed by atoms with Crippen LogP contribution >= 0.6 is 30.4 Å². The van der Waals surface area contributed by atoms with Crippen LogP contribution in [0, 0.1) is 0 Å². The van der Waals surface area contributed by atoms with Crippen LogP contribution in [-0.4, -0.2) is 136 Å². The number of nitrogens with zero attached hydrogens (tertiary/aromatic N) is 4. The lowest BCUT2D eigenvalue weighted by Crippen LogP contribution is -2.42. The minimum atomic E-state index is -4.43. The Hall–Kier alpha value is 0.440. The Morgan fingerprint density at radius 1 is 0.382 bits per heavy atom. The molecule has 0 amide bonds. The van der Waals surface area contributed by atoms with Gasteiger partial charge in [0.05, 0.1) is 0 Å². The fourth-order valence-corrected chi connectivity index (χ4v) is 6.87. The molecule has 1 aliphatic rings. The van der Waals surface area contributed by atoms with E-state index in [-0.39, 0.29) is 65.2 Å². The maximum absolute atomic E-state index is 11.5. The maximum Gasteiger partial charge on any atom is 0.339 e. The molecule has 0 aliphatic carbocycles. The van der Waals surface area contributed by atoms with Crippen molar-refractivity contribution in [1.82, 2.24) is 19.6 Å². The molecule has 0 spiro atoms. The third kappa shape index (κ3) is 17.8. The predicted molar refractivity (Wildman–Crippen MR) is 123 cm³/mol. The molecule has 1 fully saturated rings. The zero-order chi connectivity index (χ0) is 26.2. The van der Waals surface area contributed by atoms with Gasteiger partial charge in [-0.15, -0.1) is 0 Å². The van der Waals surface area contributed by atoms with Crippen LogP contribution in [0.2, 0.25) is 0 Å². The van der Waals surface area contributed by atoms with E-state index in [0.717, 1.165) is 0 Å². The fourth-order valence-electron chi connectivity index (χ4n) is 3.66. The van der Waals surface area contributed by atoms with E-state index in [1.54, 1.807) is 0 Å². The minimum Gasteiger partial charge on any atom is -0.324 e. The Kier molecular flexibility index (Phi) is 13.2. The first-order valence-corrected chi connectivity index (χ1v) is 17.6. The molecule has 8 N–H and O–H groups in total. The normalized spacial score (nSPS) is 21.4. The molecule has 16 nitrogen and oxygen atoms in total. The van der Waals surface area contributed by atoms with Crippen molar-refractivity contribution in [3.63, 3.8) is 0 Å². The van der Waals surface area contributed by atoms with E-state index in [1.807, 2.05) is 0 Å². The number of hydrogen-bond donors (Lipinski definition) is 8. The Balaban J connectivity index is 3.06. The van der Waals surface area contributed by atoms with Crippen molar-refractivity contribution in [2.24, 2.45) is 0 Å². The van der Waals surface area contributed by atoms with E-state index in [0.29, 0.717) is 0 Å². The summed E-state index contributed by atoms with van der Waals surface area (Å²) in [5.41, 5.74) is 0. The van der Waals surface area contributed by atoms with Gasteiger partial charge < -0.3 is 39.1 Å². The summed E-state index contributed by atoms with van der Waals surface area (Å²) in [5.74, 6) is 0. The lowest BCUT2D eigenvalue weighted by molar-refractivity contribution is 0.174. The molecule has 0 bridgehead atoms. The second-order valence-electron chi connectivity index (χ2n) is 8.40. The quantitative estimate of drug-likeness (QED) is 0.154. The maximum atomic E-state index is 11.5. The molecule has 20 heteroatoms. The summed E-state index contributed by atoms with van der Waals surface area (Å²) in [6.45, 7) is 0.923. The van der Waals surface area contributed by atoms with Gasteiger partial charge in [0.25, 0.3) is 0 Å². The Morgan fingerprint density at radius 2 is 0.559 bits per heavy atom. The van der Waals surface area contributed by atoms with Crippen LogP contribution in [-0.2, 0) is 18.3 Å². The van der Waals surface area contributed by atoms with Gasteiger partial charge in [-0.3, -0.25) is 37.9 Å². The second-order valence-corrected chi connectivity index (χ2v) is 14.9. The van der Waals surface area contributed by atoms with Crippen LogP contribution in [0.3, 0.4) is 0 Å². The Morgan fingerprint density at radius 3 is 0.706 bits per heavy atom. The molecule has 204 valence electrons. The van der Waals surface area contributed by atoms with Crippen molar-refractivity contribution in [3.05, 3.63) is 0 Å². The summed E-state index contributed by atoms with van der Waals surface area (Å²) in [4.78, 5) is 80.7. The summed E-state index contributed by atoms with van der Waals surface area (Å²) in [7, 11) is -17.7. The smallest absolute Gasteiger partial charge is 0.324 e. The average Bonchev–Trinajstić information content (AvgIpc) is 2.57. The van der Waals surface area contributed by atoms with Gasteiger partial charge in [-0.2, -0.15) is 0 Å². The molecule has 1 heterocycles.